The van der Waals surface area contributed by atoms with E-state index in [2.05, 4.69) is 9.72 Å². The monoisotopic (exact) mass is 415 g/mol. The Morgan fingerprint density at radius 3 is 2.55 bits per heavy atom. The van der Waals surface area contributed by atoms with Crippen molar-refractivity contribution >= 4 is 11.3 Å². The lowest BCUT2D eigenvalue weighted by Crippen LogP contribution is -2.62. The Bertz CT molecular complexity index is 1050. The lowest BCUT2D eigenvalue weighted by molar-refractivity contribution is -0.167. The predicted octanol–water partition coefficient (Wildman–Crippen LogP) is -1.67. The Balaban J connectivity index is 1.85. The van der Waals surface area contributed by atoms with Gasteiger partial charge in [0.15, 0.2) is 6.17 Å². The van der Waals surface area contributed by atoms with Crippen molar-refractivity contribution in [1.29, 1.82) is 0 Å². The van der Waals surface area contributed by atoms with E-state index in [1.165, 1.54) is 4.57 Å². The highest BCUT2D eigenvalue weighted by Gasteiger charge is 2.44. The van der Waals surface area contributed by atoms with Crippen molar-refractivity contribution in [2.45, 2.75) is 50.7 Å². The molecule has 5 N–H and O–H groups in total. The second-order valence-corrected chi connectivity index (χ2v) is 7.95. The standard InChI is InChI=1S/C18H24F3N5O3/c1-7-14-11(16(27)24-18(28)26(14)9-2-3-9)13(23)12(19)15(7)25-5-8(4-22)10(6-25)29-17(20)21/h8-10,12,15,17H,2-6,22-23H2,1H3,(H,24,27,28). The molecule has 2 aliphatic carbocycles. The SMILES string of the molecule is CC1=c2c(c(=O)[nH]c(=O)n2C2CC2)=C(N)C(F)C1N1CC(CN)C(OC(F)F)C1. The Morgan fingerprint density at radius 1 is 1.28 bits per heavy atom. The van der Waals surface area contributed by atoms with Gasteiger partial charge in [-0.05, 0) is 31.9 Å². The first-order valence-corrected chi connectivity index (χ1v) is 9.61. The molecular formula is C18H24F3N5O3. The number of nitrogens with one attached hydrogen (secondary N) is 1. The van der Waals surface area contributed by atoms with Crippen LogP contribution < -0.4 is 33.3 Å². The minimum Gasteiger partial charge on any atom is -0.399 e. The van der Waals surface area contributed by atoms with Crippen LogP contribution in [0.2, 0.25) is 0 Å². The Kier molecular flexibility index (Phi) is 5.07. The molecule has 0 amide bonds. The molecule has 11 heteroatoms. The van der Waals surface area contributed by atoms with Gasteiger partial charge in [-0.1, -0.05) is 0 Å². The lowest BCUT2D eigenvalue weighted by atomic mass is 9.93. The molecule has 1 saturated carbocycles. The van der Waals surface area contributed by atoms with Crippen molar-refractivity contribution in [3.05, 3.63) is 31.4 Å². The average molecular weight is 415 g/mol. The first kappa shape index (κ1) is 20.2. The average Bonchev–Trinajstić information content (AvgIpc) is 3.40. The van der Waals surface area contributed by atoms with E-state index in [0.29, 0.717) is 10.9 Å². The summed E-state index contributed by atoms with van der Waals surface area (Å²) in [5.41, 5.74) is 10.7. The summed E-state index contributed by atoms with van der Waals surface area (Å²) < 4.78 is 47.0. The number of hydrogen-bond donors (Lipinski definition) is 3. The number of likely N-dealkylation sites (tertiary alicyclic amines) is 1. The van der Waals surface area contributed by atoms with Crippen LogP contribution in [0.15, 0.2) is 9.59 Å². The van der Waals surface area contributed by atoms with Crippen molar-refractivity contribution in [3.8, 4) is 0 Å². The van der Waals surface area contributed by atoms with Crippen LogP contribution in [-0.4, -0.2) is 59.0 Å². The van der Waals surface area contributed by atoms with E-state index in [1.54, 1.807) is 11.8 Å². The fourth-order valence-electron chi connectivity index (χ4n) is 4.63. The number of H-pyrrole nitrogens is 1. The molecule has 0 aromatic carbocycles. The van der Waals surface area contributed by atoms with Gasteiger partial charge in [0.05, 0.1) is 28.4 Å². The van der Waals surface area contributed by atoms with E-state index in [-0.39, 0.29) is 36.6 Å². The van der Waals surface area contributed by atoms with Crippen LogP contribution in [-0.2, 0) is 4.74 Å². The maximum absolute atomic E-state index is 15.4. The number of rotatable bonds is 5. The van der Waals surface area contributed by atoms with Crippen molar-refractivity contribution in [2.75, 3.05) is 19.6 Å². The Hall–Kier alpha value is -2.11. The number of nitrogens with two attached hydrogens (primary N) is 2. The van der Waals surface area contributed by atoms with Gasteiger partial charge >= 0.3 is 12.3 Å². The number of fused-ring (bicyclic) bond motifs is 1. The maximum Gasteiger partial charge on any atom is 0.345 e. The molecule has 0 spiro atoms. The summed E-state index contributed by atoms with van der Waals surface area (Å²) in [7, 11) is 0. The maximum atomic E-state index is 15.4. The predicted molar refractivity (Wildman–Crippen MR) is 99.2 cm³/mol. The van der Waals surface area contributed by atoms with Crippen LogP contribution in [0.1, 0.15) is 25.8 Å². The number of aromatic nitrogens is 2. The fourth-order valence-corrected chi connectivity index (χ4v) is 4.63. The molecule has 1 aromatic heterocycles. The summed E-state index contributed by atoms with van der Waals surface area (Å²) in [6.45, 7) is -0.899. The smallest absolute Gasteiger partial charge is 0.345 e. The third-order valence-corrected chi connectivity index (χ3v) is 6.12. The van der Waals surface area contributed by atoms with Crippen LogP contribution >= 0.6 is 0 Å². The Labute approximate surface area is 163 Å². The molecule has 160 valence electrons. The summed E-state index contributed by atoms with van der Waals surface area (Å²) in [6, 6.07) is -0.966. The van der Waals surface area contributed by atoms with E-state index in [4.69, 9.17) is 11.5 Å². The van der Waals surface area contributed by atoms with Crippen molar-refractivity contribution in [3.63, 3.8) is 0 Å². The second kappa shape index (κ2) is 7.29. The minimum atomic E-state index is -2.96. The van der Waals surface area contributed by atoms with Crippen LogP contribution in [0.3, 0.4) is 0 Å². The topological polar surface area (TPSA) is 119 Å². The van der Waals surface area contributed by atoms with Gasteiger partial charge in [-0.3, -0.25) is 19.2 Å². The number of aromatic amines is 1. The van der Waals surface area contributed by atoms with E-state index < -0.39 is 42.1 Å². The molecule has 0 bridgehead atoms. The van der Waals surface area contributed by atoms with Gasteiger partial charge in [0.25, 0.3) is 5.56 Å². The molecule has 4 unspecified atom stereocenters. The van der Waals surface area contributed by atoms with Gasteiger partial charge < -0.3 is 16.2 Å². The Morgan fingerprint density at radius 2 is 1.97 bits per heavy atom. The molecule has 3 aliphatic rings. The van der Waals surface area contributed by atoms with Crippen LogP contribution in [0, 0.1) is 5.92 Å². The van der Waals surface area contributed by atoms with E-state index >= 15 is 4.39 Å². The summed E-state index contributed by atoms with van der Waals surface area (Å²) >= 11 is 0. The molecular weight excluding hydrogens is 391 g/mol. The van der Waals surface area contributed by atoms with Gasteiger partial charge in [-0.15, -0.1) is 0 Å². The number of nitrogens with zero attached hydrogens (tertiary/aromatic N) is 2. The zero-order valence-electron chi connectivity index (χ0n) is 15.9. The largest absolute Gasteiger partial charge is 0.399 e. The van der Waals surface area contributed by atoms with Crippen molar-refractivity contribution in [1.82, 2.24) is 14.5 Å². The van der Waals surface area contributed by atoms with E-state index in [9.17, 15) is 18.4 Å². The highest BCUT2D eigenvalue weighted by atomic mass is 19.3. The zero-order chi connectivity index (χ0) is 21.0. The quantitative estimate of drug-likeness (QED) is 0.529. The van der Waals surface area contributed by atoms with E-state index in [0.717, 1.165) is 12.8 Å². The molecule has 2 fully saturated rings. The number of halogens is 3. The third-order valence-electron chi connectivity index (χ3n) is 6.12. The lowest BCUT2D eigenvalue weighted by Gasteiger charge is -2.34. The van der Waals surface area contributed by atoms with E-state index in [1.807, 2.05) is 0 Å². The summed E-state index contributed by atoms with van der Waals surface area (Å²) in [5, 5.41) is 0.313. The highest BCUT2D eigenvalue weighted by molar-refractivity contribution is 5.62. The number of ether oxygens (including phenoxy) is 1. The van der Waals surface area contributed by atoms with Crippen LogP contribution in [0.5, 0.6) is 0 Å². The zero-order valence-corrected chi connectivity index (χ0v) is 15.9. The number of hydrogen-bond acceptors (Lipinski definition) is 6. The third kappa shape index (κ3) is 3.30. The molecule has 4 rings (SSSR count). The molecule has 1 aromatic rings. The fraction of sp³-hybridized carbons (Fsp3) is 0.667. The normalized spacial score (nSPS) is 30.3. The van der Waals surface area contributed by atoms with Crippen LogP contribution in [0.4, 0.5) is 13.2 Å². The molecule has 1 aliphatic heterocycles. The van der Waals surface area contributed by atoms with Gasteiger partial charge in [0.1, 0.15) is 0 Å². The summed E-state index contributed by atoms with van der Waals surface area (Å²) in [5.74, 6) is -0.392. The number of alkyl halides is 3. The molecule has 8 nitrogen and oxygen atoms in total. The van der Waals surface area contributed by atoms with Crippen molar-refractivity contribution in [2.24, 2.45) is 17.4 Å². The first-order valence-electron chi connectivity index (χ1n) is 9.61. The second-order valence-electron chi connectivity index (χ2n) is 7.95. The van der Waals surface area contributed by atoms with Gasteiger partial charge in [-0.2, -0.15) is 8.78 Å². The molecule has 4 atom stereocenters. The molecule has 1 saturated heterocycles. The van der Waals surface area contributed by atoms with Gasteiger partial charge in [0, 0.05) is 25.0 Å². The van der Waals surface area contributed by atoms with Gasteiger partial charge in [-0.25, -0.2) is 9.18 Å². The van der Waals surface area contributed by atoms with Crippen molar-refractivity contribution < 1.29 is 17.9 Å². The molecule has 0 radical (unpaired) electrons. The minimum absolute atomic E-state index is 0.0206. The molecule has 29 heavy (non-hydrogen) atoms. The highest BCUT2D eigenvalue weighted by Crippen LogP contribution is 2.33. The van der Waals surface area contributed by atoms with Crippen LogP contribution in [0.25, 0.3) is 11.3 Å². The molecule has 2 heterocycles. The first-order chi connectivity index (χ1) is 13.7. The summed E-state index contributed by atoms with van der Waals surface area (Å²) in [4.78, 5) is 28.7. The summed E-state index contributed by atoms with van der Waals surface area (Å²) in [6.07, 6.45) is -1.01. The van der Waals surface area contributed by atoms with Gasteiger partial charge in [0.2, 0.25) is 0 Å².